The molecule has 3 unspecified atom stereocenters. The van der Waals surface area contributed by atoms with Crippen molar-refractivity contribution >= 4 is 35.7 Å². The minimum atomic E-state index is -0.669. The first kappa shape index (κ1) is 132. The Morgan fingerprint density at radius 2 is 0.486 bits per heavy atom. The average molecular weight is 1950 g/mol. The zero-order chi connectivity index (χ0) is 101. The van der Waals surface area contributed by atoms with Crippen LogP contribution in [0.3, 0.4) is 0 Å². The molecule has 0 aromatic carbocycles. The Labute approximate surface area is 844 Å². The Bertz CT molecular complexity index is 2920. The second-order valence-corrected chi connectivity index (χ2v) is 37.4. The number of carbonyl (C=O) groups is 6. The van der Waals surface area contributed by atoms with Gasteiger partial charge in [0.25, 0.3) is 0 Å². The highest BCUT2D eigenvalue weighted by atomic mass is 16.7. The molecular formula is C116H208N4O18. The fraction of sp³-hybridized carbons (Fsp3) is 0.793. The van der Waals surface area contributed by atoms with Crippen LogP contribution >= 0.6 is 0 Å². The van der Waals surface area contributed by atoms with Gasteiger partial charge in [0.1, 0.15) is 0 Å². The lowest BCUT2D eigenvalue weighted by Gasteiger charge is -2.28. The van der Waals surface area contributed by atoms with Gasteiger partial charge in [0.05, 0.1) is 58.2 Å². The Morgan fingerprint density at radius 3 is 0.790 bits per heavy atom. The summed E-state index contributed by atoms with van der Waals surface area (Å²) in [5.41, 5.74) is 0. The molecule has 3 atom stereocenters. The van der Waals surface area contributed by atoms with E-state index in [1.807, 2.05) is 38.0 Å². The number of unbranched alkanes of at least 4 members (excludes halogenated alkanes) is 22. The topological polar surface area (TPSA) is 226 Å². The highest BCUT2D eigenvalue weighted by molar-refractivity contribution is 5.77. The molecule has 0 spiro atoms. The third-order valence-electron chi connectivity index (χ3n) is 23.5. The Balaban J connectivity index is 7.07. The monoisotopic (exact) mass is 1950 g/mol. The van der Waals surface area contributed by atoms with Crippen molar-refractivity contribution < 1.29 is 85.6 Å². The standard InChI is InChI=1S/C116H208N4O18/c1-14-23-32-41-49-53-64-77-107(121)119(89-73-87-117(10)11)99-105(102-136-111(125)81-85-115(131-95-70-59-46-37-28-19-6)132-96-71-60-47-38-29-20-7)103-137-112(126)82-86-116(133-97-72-61-48-39-30-21-8)138-106(75-62-51-40-31-22-9)76-63-52-50-54-65-78-108(122)120(90-74-88-118(12)13)98-104(100-134-109(123)79-83-113(127-91-66-55-42-33-24-15-2)128-92-67-56-43-34-25-16-3)101-135-110(124)80-84-114(129-93-68-57-44-35-26-17-4)130-94-69-58-45-36-27-18-5/h24-31,33-40,49,53,104-106,113-116H,14-23,32,41-48,50-52,54-103H2,1-13H3/b33-24-,34-25-,35-26-,36-27-,37-28-,38-29-,39-30-,40-31-,53-49-. The van der Waals surface area contributed by atoms with E-state index in [0.717, 1.165) is 283 Å². The second kappa shape index (κ2) is 103. The molecule has 0 radical (unpaired) electrons. The molecule has 22 heteroatoms. The molecule has 0 saturated heterocycles. The van der Waals surface area contributed by atoms with Gasteiger partial charge >= 0.3 is 23.9 Å². The number of carbonyl (C=O) groups excluding carboxylic acids is 6. The van der Waals surface area contributed by atoms with Gasteiger partial charge in [0.15, 0.2) is 25.2 Å². The number of ether oxygens (including phenoxy) is 12. The van der Waals surface area contributed by atoms with Crippen molar-refractivity contribution in [2.45, 2.75) is 447 Å². The lowest BCUT2D eigenvalue weighted by Crippen LogP contribution is -2.40. The summed E-state index contributed by atoms with van der Waals surface area (Å²) in [6.07, 6.45) is 81.4. The molecule has 800 valence electrons. The van der Waals surface area contributed by atoms with Crippen molar-refractivity contribution in [3.8, 4) is 0 Å². The molecule has 0 fully saturated rings. The fourth-order valence-corrected chi connectivity index (χ4v) is 15.4. The molecule has 0 rings (SSSR count). The molecule has 0 heterocycles. The molecule has 0 aliphatic carbocycles. The maximum Gasteiger partial charge on any atom is 0.305 e. The van der Waals surface area contributed by atoms with Gasteiger partial charge in [0, 0.05) is 123 Å². The van der Waals surface area contributed by atoms with E-state index in [0.29, 0.717) is 104 Å². The van der Waals surface area contributed by atoms with Gasteiger partial charge < -0.3 is 76.4 Å². The van der Waals surface area contributed by atoms with Crippen LogP contribution in [0.5, 0.6) is 0 Å². The van der Waals surface area contributed by atoms with Crippen LogP contribution in [0.4, 0.5) is 0 Å². The number of hydrogen-bond donors (Lipinski definition) is 0. The van der Waals surface area contributed by atoms with Gasteiger partial charge in [-0.25, -0.2) is 0 Å². The minimum Gasteiger partial charge on any atom is -0.465 e. The van der Waals surface area contributed by atoms with E-state index in [-0.39, 0.29) is 89.5 Å². The van der Waals surface area contributed by atoms with Crippen LogP contribution in [-0.2, 0) is 85.6 Å². The quantitative estimate of drug-likeness (QED) is 0.0181. The SMILES string of the molecule is CC/C=C\CCCCOC(CCC(=O)OCC(COC(=O)CCC(OCCCC/C=C\CC)OC(CCC/C=C\CC)CCCCCCCC(=O)N(CCCN(C)C)CC(COC(=O)CCC(OCCCC/C=C\CC)OCCCC/C=C\CC)COC(=O)CCC(OCCCC/C=C\CC)OCCCC/C=C\CC)CN(CCCN(C)C)C(=O)CC/C=C\CCCCC)OCCCC/C=C\CC. The third-order valence-corrected chi connectivity index (χ3v) is 23.5. The first-order valence-electron chi connectivity index (χ1n) is 55.7. The Kier molecular flexibility index (Phi) is 98.1. The molecule has 0 aliphatic heterocycles. The van der Waals surface area contributed by atoms with E-state index in [1.54, 1.807) is 0 Å². The normalized spacial score (nSPS) is 13.0. The van der Waals surface area contributed by atoms with Crippen LogP contribution in [0.25, 0.3) is 0 Å². The van der Waals surface area contributed by atoms with Gasteiger partial charge in [-0.2, -0.15) is 0 Å². The number of rotatable bonds is 103. The molecular weight excluding hydrogens is 1740 g/mol. The second-order valence-electron chi connectivity index (χ2n) is 37.4. The van der Waals surface area contributed by atoms with Crippen molar-refractivity contribution in [2.24, 2.45) is 11.8 Å². The predicted octanol–water partition coefficient (Wildman–Crippen LogP) is 27.6. The molecule has 138 heavy (non-hydrogen) atoms. The smallest absolute Gasteiger partial charge is 0.305 e. The molecule has 0 aromatic heterocycles. The maximum absolute atomic E-state index is 14.7. The Morgan fingerprint density at radius 1 is 0.232 bits per heavy atom. The summed E-state index contributed by atoms with van der Waals surface area (Å²) in [4.78, 5) is 93.0. The lowest BCUT2D eigenvalue weighted by molar-refractivity contribution is -0.182. The van der Waals surface area contributed by atoms with E-state index < -0.39 is 60.9 Å². The summed E-state index contributed by atoms with van der Waals surface area (Å²) in [5, 5.41) is 0. The van der Waals surface area contributed by atoms with Crippen LogP contribution in [0, 0.1) is 11.8 Å². The summed E-state index contributed by atoms with van der Waals surface area (Å²) in [5.74, 6) is -2.64. The maximum atomic E-state index is 14.7. The summed E-state index contributed by atoms with van der Waals surface area (Å²) >= 11 is 0. The van der Waals surface area contributed by atoms with Gasteiger partial charge in [-0.1, -0.05) is 210 Å². The van der Waals surface area contributed by atoms with Crippen molar-refractivity contribution in [1.29, 1.82) is 0 Å². The number of hydrogen-bond acceptors (Lipinski definition) is 20. The van der Waals surface area contributed by atoms with E-state index >= 15 is 0 Å². The van der Waals surface area contributed by atoms with Crippen molar-refractivity contribution in [3.63, 3.8) is 0 Å². The van der Waals surface area contributed by atoms with E-state index in [9.17, 15) is 28.8 Å². The summed E-state index contributed by atoms with van der Waals surface area (Å²) in [7, 11) is 8.09. The van der Waals surface area contributed by atoms with Crippen LogP contribution in [0.15, 0.2) is 109 Å². The summed E-state index contributed by atoms with van der Waals surface area (Å²) in [6, 6.07) is 0. The van der Waals surface area contributed by atoms with Gasteiger partial charge in [-0.15, -0.1) is 0 Å². The largest absolute Gasteiger partial charge is 0.465 e. The van der Waals surface area contributed by atoms with Crippen molar-refractivity contribution in [2.75, 3.05) is 140 Å². The minimum absolute atomic E-state index is 0.00754. The van der Waals surface area contributed by atoms with E-state index in [2.05, 4.69) is 181 Å². The molecule has 0 N–H and O–H groups in total. The number of allylic oxidation sites excluding steroid dienone is 18. The molecule has 0 saturated carbocycles. The lowest BCUT2D eigenvalue weighted by atomic mass is 10.0. The number of esters is 4. The van der Waals surface area contributed by atoms with Crippen LogP contribution in [-0.4, -0.2) is 227 Å². The molecule has 22 nitrogen and oxygen atoms in total. The van der Waals surface area contributed by atoms with E-state index in [1.165, 1.54) is 6.42 Å². The van der Waals surface area contributed by atoms with Gasteiger partial charge in [-0.05, 0) is 292 Å². The van der Waals surface area contributed by atoms with E-state index in [4.69, 9.17) is 56.8 Å². The number of nitrogens with zero attached hydrogens (tertiary/aromatic N) is 4. The highest BCUT2D eigenvalue weighted by Gasteiger charge is 2.28. The van der Waals surface area contributed by atoms with Gasteiger partial charge in [-0.3, -0.25) is 28.8 Å². The molecule has 0 aromatic rings. The zero-order valence-electron chi connectivity index (χ0n) is 90.5. The highest BCUT2D eigenvalue weighted by Crippen LogP contribution is 2.24. The predicted molar refractivity (Wildman–Crippen MR) is 570 cm³/mol. The van der Waals surface area contributed by atoms with Crippen molar-refractivity contribution in [3.05, 3.63) is 109 Å². The zero-order valence-corrected chi connectivity index (χ0v) is 90.5. The first-order valence-corrected chi connectivity index (χ1v) is 55.7. The summed E-state index contributed by atoms with van der Waals surface area (Å²) in [6.45, 7) is 25.7. The number of amides is 2. The first-order chi connectivity index (χ1) is 67.4. The molecule has 0 aliphatic rings. The third kappa shape index (κ3) is 90.1. The fourth-order valence-electron chi connectivity index (χ4n) is 15.4. The van der Waals surface area contributed by atoms with Crippen LogP contribution in [0.1, 0.15) is 415 Å². The van der Waals surface area contributed by atoms with Gasteiger partial charge in [0.2, 0.25) is 11.8 Å². The van der Waals surface area contributed by atoms with Crippen LogP contribution in [0.2, 0.25) is 0 Å². The average Bonchev–Trinajstić information content (AvgIpc) is 0.900. The molecule has 2 amide bonds. The van der Waals surface area contributed by atoms with Crippen molar-refractivity contribution in [1.82, 2.24) is 19.6 Å². The van der Waals surface area contributed by atoms with Crippen LogP contribution < -0.4 is 0 Å². The molecule has 0 bridgehead atoms. The summed E-state index contributed by atoms with van der Waals surface area (Å²) < 4.78 is 75.8. The Hall–Kier alpha value is -5.92.